The van der Waals surface area contributed by atoms with Crippen molar-refractivity contribution in [2.24, 2.45) is 0 Å². The lowest BCUT2D eigenvalue weighted by Crippen LogP contribution is -2.26. The number of hydrogen-bond donors (Lipinski definition) is 1. The van der Waals surface area contributed by atoms with E-state index in [0.717, 1.165) is 17.0 Å². The molecule has 0 saturated carbocycles. The number of imidazole rings is 1. The van der Waals surface area contributed by atoms with Gasteiger partial charge in [0.05, 0.1) is 17.1 Å². The largest absolute Gasteiger partial charge is 0.396 e. The molecule has 26 heavy (non-hydrogen) atoms. The predicted molar refractivity (Wildman–Crippen MR) is 98.0 cm³/mol. The Balaban J connectivity index is 1.98. The van der Waals surface area contributed by atoms with Gasteiger partial charge in [-0.25, -0.2) is 9.37 Å². The van der Waals surface area contributed by atoms with Crippen LogP contribution in [-0.2, 0) is 11.3 Å². The molecule has 0 spiro atoms. The molecule has 0 saturated heterocycles. The predicted octanol–water partition coefficient (Wildman–Crippen LogP) is 3.01. The highest BCUT2D eigenvalue weighted by Gasteiger charge is 2.30. The number of aromatic nitrogens is 3. The molecule has 6 nitrogen and oxygen atoms in total. The third-order valence-corrected chi connectivity index (χ3v) is 4.52. The fourth-order valence-electron chi connectivity index (χ4n) is 3.29. The third kappa shape index (κ3) is 2.52. The number of nitrogen functional groups attached to an aromatic ring is 1. The van der Waals surface area contributed by atoms with E-state index in [1.807, 2.05) is 29.7 Å². The lowest BCUT2D eigenvalue weighted by Gasteiger charge is -2.09. The zero-order valence-corrected chi connectivity index (χ0v) is 14.5. The highest BCUT2D eigenvalue weighted by molar-refractivity contribution is 5.92. The van der Waals surface area contributed by atoms with E-state index in [2.05, 4.69) is 4.98 Å². The van der Waals surface area contributed by atoms with Crippen molar-refractivity contribution in [3.8, 4) is 22.6 Å². The number of anilines is 2. The van der Waals surface area contributed by atoms with Crippen molar-refractivity contribution in [3.05, 3.63) is 47.9 Å². The Morgan fingerprint density at radius 1 is 1.19 bits per heavy atom. The molecule has 2 N–H and O–H groups in total. The number of nitrogens with zero attached hydrogens (tertiary/aromatic N) is 4. The van der Waals surface area contributed by atoms with E-state index in [4.69, 9.17) is 10.7 Å². The Morgan fingerprint density at radius 3 is 2.69 bits per heavy atom. The minimum atomic E-state index is -0.462. The van der Waals surface area contributed by atoms with Gasteiger partial charge in [0.15, 0.2) is 0 Å². The van der Waals surface area contributed by atoms with E-state index in [1.54, 1.807) is 17.0 Å². The van der Waals surface area contributed by atoms with Crippen molar-refractivity contribution < 1.29 is 9.18 Å². The van der Waals surface area contributed by atoms with Gasteiger partial charge in [-0.05, 0) is 37.3 Å². The average molecular weight is 351 g/mol. The van der Waals surface area contributed by atoms with Crippen LogP contribution >= 0.6 is 0 Å². The normalized spacial score (nSPS) is 13.1. The summed E-state index contributed by atoms with van der Waals surface area (Å²) >= 11 is 0. The quantitative estimate of drug-likeness (QED) is 0.720. The van der Waals surface area contributed by atoms with Gasteiger partial charge in [0, 0.05) is 31.3 Å². The second-order valence-electron chi connectivity index (χ2n) is 6.33. The molecule has 1 aliphatic heterocycles. The summed E-state index contributed by atoms with van der Waals surface area (Å²) in [5.74, 6) is 0.0480. The molecule has 4 rings (SSSR count). The number of benzene rings is 1. The van der Waals surface area contributed by atoms with E-state index < -0.39 is 5.82 Å². The van der Waals surface area contributed by atoms with Gasteiger partial charge >= 0.3 is 0 Å². The van der Waals surface area contributed by atoms with Crippen molar-refractivity contribution in [1.82, 2.24) is 14.5 Å². The first kappa shape index (κ1) is 16.3. The van der Waals surface area contributed by atoms with Crippen molar-refractivity contribution >= 4 is 17.5 Å². The molecule has 0 fully saturated rings. The fourth-order valence-corrected chi connectivity index (χ4v) is 3.29. The van der Waals surface area contributed by atoms with Gasteiger partial charge in [-0.15, -0.1) is 0 Å². The highest BCUT2D eigenvalue weighted by Crippen LogP contribution is 2.38. The fraction of sp³-hybridized carbons (Fsp3) is 0.211. The summed E-state index contributed by atoms with van der Waals surface area (Å²) < 4.78 is 15.6. The van der Waals surface area contributed by atoms with E-state index in [1.165, 1.54) is 13.0 Å². The van der Waals surface area contributed by atoms with Crippen LogP contribution in [0.4, 0.5) is 16.0 Å². The van der Waals surface area contributed by atoms with Gasteiger partial charge in [-0.2, -0.15) is 0 Å². The summed E-state index contributed by atoms with van der Waals surface area (Å²) in [6.07, 6.45) is 0. The Kier molecular flexibility index (Phi) is 3.72. The lowest BCUT2D eigenvalue weighted by atomic mass is 10.1. The third-order valence-electron chi connectivity index (χ3n) is 4.52. The number of halogens is 1. The molecule has 2 aromatic heterocycles. The van der Waals surface area contributed by atoms with Crippen LogP contribution in [0.1, 0.15) is 12.6 Å². The maximum Gasteiger partial charge on any atom is 0.226 e. The van der Waals surface area contributed by atoms with Gasteiger partial charge in [0.25, 0.3) is 0 Å². The summed E-state index contributed by atoms with van der Waals surface area (Å²) in [5.41, 5.74) is 9.60. The molecule has 0 bridgehead atoms. The van der Waals surface area contributed by atoms with Gasteiger partial charge in [-0.3, -0.25) is 14.7 Å². The molecule has 0 aliphatic carbocycles. The van der Waals surface area contributed by atoms with Crippen LogP contribution in [0.25, 0.3) is 22.6 Å². The minimum absolute atomic E-state index is 0.0670. The maximum atomic E-state index is 13.6. The van der Waals surface area contributed by atoms with Gasteiger partial charge in [-0.1, -0.05) is 6.07 Å². The smallest absolute Gasteiger partial charge is 0.226 e. The van der Waals surface area contributed by atoms with Crippen LogP contribution in [0, 0.1) is 12.7 Å². The van der Waals surface area contributed by atoms with Crippen LogP contribution in [0.5, 0.6) is 0 Å². The summed E-state index contributed by atoms with van der Waals surface area (Å²) in [6.45, 7) is 4.60. The molecule has 3 heterocycles. The Hall–Kier alpha value is -3.22. The molecule has 1 aromatic carbocycles. The first-order chi connectivity index (χ1) is 12.5. The van der Waals surface area contributed by atoms with E-state index >= 15 is 0 Å². The zero-order valence-electron chi connectivity index (χ0n) is 14.5. The number of hydrogen-bond acceptors (Lipinski definition) is 4. The molecule has 0 unspecified atom stereocenters. The molecule has 1 amide bonds. The number of rotatable bonds is 2. The van der Waals surface area contributed by atoms with Crippen LogP contribution in [-0.4, -0.2) is 27.0 Å². The number of aryl methyl sites for hydroxylation is 1. The minimum Gasteiger partial charge on any atom is -0.396 e. The van der Waals surface area contributed by atoms with Crippen molar-refractivity contribution in [1.29, 1.82) is 0 Å². The summed E-state index contributed by atoms with van der Waals surface area (Å²) in [6, 6.07) is 10.3. The van der Waals surface area contributed by atoms with Crippen molar-refractivity contribution in [3.63, 3.8) is 0 Å². The summed E-state index contributed by atoms with van der Waals surface area (Å²) in [4.78, 5) is 22.8. The number of carbonyl (C=O) groups is 1. The summed E-state index contributed by atoms with van der Waals surface area (Å²) in [5, 5.41) is 0. The highest BCUT2D eigenvalue weighted by atomic mass is 19.1. The monoisotopic (exact) mass is 351 g/mol. The Bertz CT molecular complexity index is 1030. The molecular formula is C19H18FN5O. The topological polar surface area (TPSA) is 77.0 Å². The Morgan fingerprint density at radius 2 is 2.00 bits per heavy atom. The van der Waals surface area contributed by atoms with Crippen LogP contribution < -0.4 is 10.6 Å². The van der Waals surface area contributed by atoms with E-state index in [0.29, 0.717) is 30.4 Å². The standard InChI is InChI=1S/C19H18FN5O/c1-11-4-3-5-16(22-11)17-18(13-6-7-14(20)15(21)10-13)25-9-8-24(12(2)26)19(25)23-17/h3-7,10H,8-9,21H2,1-2H3. The number of amides is 1. The maximum absolute atomic E-state index is 13.6. The number of fused-ring (bicyclic) bond motifs is 1. The SMILES string of the molecule is CC(=O)N1CCn2c1nc(-c1cccc(C)n1)c2-c1ccc(F)c(N)c1. The molecule has 3 aromatic rings. The number of carbonyl (C=O) groups excluding carboxylic acids is 1. The van der Waals surface area contributed by atoms with Crippen LogP contribution in [0.2, 0.25) is 0 Å². The van der Waals surface area contributed by atoms with Crippen LogP contribution in [0.3, 0.4) is 0 Å². The average Bonchev–Trinajstić information content (AvgIpc) is 3.16. The molecule has 1 aliphatic rings. The molecule has 0 radical (unpaired) electrons. The lowest BCUT2D eigenvalue weighted by molar-refractivity contribution is -0.116. The van der Waals surface area contributed by atoms with Gasteiger partial charge in [0.1, 0.15) is 11.5 Å². The summed E-state index contributed by atoms with van der Waals surface area (Å²) in [7, 11) is 0. The van der Waals surface area contributed by atoms with E-state index in [9.17, 15) is 9.18 Å². The second-order valence-corrected chi connectivity index (χ2v) is 6.33. The first-order valence-corrected chi connectivity index (χ1v) is 8.34. The number of pyridine rings is 1. The van der Waals surface area contributed by atoms with Gasteiger partial charge < -0.3 is 10.3 Å². The van der Waals surface area contributed by atoms with Crippen molar-refractivity contribution in [2.45, 2.75) is 20.4 Å². The molecule has 0 atom stereocenters. The number of nitrogens with two attached hydrogens (primary N) is 1. The van der Waals surface area contributed by atoms with Crippen molar-refractivity contribution in [2.75, 3.05) is 17.2 Å². The second kappa shape index (κ2) is 5.94. The van der Waals surface area contributed by atoms with Gasteiger partial charge in [0.2, 0.25) is 11.9 Å². The van der Waals surface area contributed by atoms with E-state index in [-0.39, 0.29) is 11.6 Å². The zero-order chi connectivity index (χ0) is 18.4. The molecule has 132 valence electrons. The first-order valence-electron chi connectivity index (χ1n) is 8.34. The Labute approximate surface area is 150 Å². The molecule has 7 heteroatoms. The molecular weight excluding hydrogens is 333 g/mol. The van der Waals surface area contributed by atoms with Crippen LogP contribution in [0.15, 0.2) is 36.4 Å².